The van der Waals surface area contributed by atoms with Gasteiger partial charge in [-0.1, -0.05) is 6.07 Å². The molecule has 1 fully saturated rings. The van der Waals surface area contributed by atoms with Gasteiger partial charge in [0.05, 0.1) is 12.7 Å². The normalized spacial score (nSPS) is 19.2. The smallest absolute Gasteiger partial charge is 0.254 e. The standard InChI is InChI=1S/C12H15IN2O2.ClH/c13-10-3-1-2-9(6-10)12(16)15-4-5-17-11(7-14)8-15;/h1-3,6,11H,4-5,7-8,14H2;1H. The van der Waals surface area contributed by atoms with E-state index in [0.717, 1.165) is 9.13 Å². The van der Waals surface area contributed by atoms with Gasteiger partial charge in [-0.3, -0.25) is 4.79 Å². The lowest BCUT2D eigenvalue weighted by atomic mass is 10.1. The van der Waals surface area contributed by atoms with E-state index in [0.29, 0.717) is 26.2 Å². The van der Waals surface area contributed by atoms with Crippen molar-refractivity contribution in [3.05, 3.63) is 33.4 Å². The lowest BCUT2D eigenvalue weighted by Gasteiger charge is -2.32. The van der Waals surface area contributed by atoms with Gasteiger partial charge in [-0.2, -0.15) is 0 Å². The van der Waals surface area contributed by atoms with Gasteiger partial charge in [0.15, 0.2) is 0 Å². The first-order valence-corrected chi connectivity index (χ1v) is 6.65. The Morgan fingerprint density at radius 2 is 2.33 bits per heavy atom. The van der Waals surface area contributed by atoms with Crippen molar-refractivity contribution < 1.29 is 9.53 Å². The van der Waals surface area contributed by atoms with Crippen molar-refractivity contribution in [3.8, 4) is 0 Å². The molecule has 1 aromatic carbocycles. The quantitative estimate of drug-likeness (QED) is 0.789. The molecule has 6 heteroatoms. The highest BCUT2D eigenvalue weighted by Crippen LogP contribution is 2.13. The van der Waals surface area contributed by atoms with Crippen LogP contribution in [0.15, 0.2) is 24.3 Å². The van der Waals surface area contributed by atoms with Crippen LogP contribution < -0.4 is 5.73 Å². The molecule has 1 heterocycles. The van der Waals surface area contributed by atoms with Crippen LogP contribution in [0.1, 0.15) is 10.4 Å². The molecule has 2 rings (SSSR count). The summed E-state index contributed by atoms with van der Waals surface area (Å²) in [6.45, 7) is 2.25. The fraction of sp³-hybridized carbons (Fsp3) is 0.417. The van der Waals surface area contributed by atoms with Crippen molar-refractivity contribution in [2.45, 2.75) is 6.10 Å². The zero-order valence-electron chi connectivity index (χ0n) is 9.84. The number of ether oxygens (including phenoxy) is 1. The van der Waals surface area contributed by atoms with E-state index in [4.69, 9.17) is 10.5 Å². The maximum absolute atomic E-state index is 12.2. The van der Waals surface area contributed by atoms with Crippen LogP contribution in [-0.2, 0) is 4.74 Å². The minimum Gasteiger partial charge on any atom is -0.373 e. The Balaban J connectivity index is 0.00000162. The summed E-state index contributed by atoms with van der Waals surface area (Å²) in [4.78, 5) is 14.1. The van der Waals surface area contributed by atoms with Crippen LogP contribution in [0.3, 0.4) is 0 Å². The van der Waals surface area contributed by atoms with Crippen LogP contribution in [0.25, 0.3) is 0 Å². The number of carbonyl (C=O) groups excluding carboxylic acids is 1. The number of amides is 1. The topological polar surface area (TPSA) is 55.6 Å². The number of nitrogens with zero attached hydrogens (tertiary/aromatic N) is 1. The number of benzene rings is 1. The zero-order chi connectivity index (χ0) is 12.3. The van der Waals surface area contributed by atoms with Gasteiger partial charge in [0.25, 0.3) is 5.91 Å². The molecule has 0 saturated carbocycles. The van der Waals surface area contributed by atoms with E-state index < -0.39 is 0 Å². The maximum atomic E-state index is 12.2. The second-order valence-corrected chi connectivity index (χ2v) is 5.24. The SMILES string of the molecule is Cl.NCC1CN(C(=O)c2cccc(I)c2)CCO1. The lowest BCUT2D eigenvalue weighted by Crippen LogP contribution is -2.48. The minimum absolute atomic E-state index is 0. The Labute approximate surface area is 126 Å². The molecule has 0 radical (unpaired) electrons. The first kappa shape index (κ1) is 15.7. The first-order chi connectivity index (χ1) is 8.20. The highest BCUT2D eigenvalue weighted by atomic mass is 127. The van der Waals surface area contributed by atoms with Crippen molar-refractivity contribution in [1.29, 1.82) is 0 Å². The predicted octanol–water partition coefficient (Wildman–Crippen LogP) is 1.51. The van der Waals surface area contributed by atoms with Gasteiger partial charge in [0.1, 0.15) is 0 Å². The molecule has 1 aromatic rings. The summed E-state index contributed by atoms with van der Waals surface area (Å²) >= 11 is 2.21. The molecule has 1 unspecified atom stereocenters. The number of carbonyl (C=O) groups is 1. The number of hydrogen-bond donors (Lipinski definition) is 1. The van der Waals surface area contributed by atoms with Crippen molar-refractivity contribution >= 4 is 40.9 Å². The van der Waals surface area contributed by atoms with Gasteiger partial charge in [0, 0.05) is 28.8 Å². The third kappa shape index (κ3) is 3.81. The van der Waals surface area contributed by atoms with Crippen molar-refractivity contribution in [1.82, 2.24) is 4.90 Å². The number of hydrogen-bond acceptors (Lipinski definition) is 3. The highest BCUT2D eigenvalue weighted by Gasteiger charge is 2.24. The molecule has 4 nitrogen and oxygen atoms in total. The van der Waals surface area contributed by atoms with Crippen LogP contribution in [0.5, 0.6) is 0 Å². The van der Waals surface area contributed by atoms with E-state index >= 15 is 0 Å². The Kier molecular flexibility index (Phi) is 6.34. The number of rotatable bonds is 2. The number of morpholine rings is 1. The fourth-order valence-corrected chi connectivity index (χ4v) is 2.39. The van der Waals surface area contributed by atoms with Gasteiger partial charge in [-0.25, -0.2) is 0 Å². The van der Waals surface area contributed by atoms with Crippen molar-refractivity contribution in [3.63, 3.8) is 0 Å². The molecular weight excluding hydrogens is 367 g/mol. The molecule has 2 N–H and O–H groups in total. The summed E-state index contributed by atoms with van der Waals surface area (Å²) in [5.74, 6) is 0.0604. The van der Waals surface area contributed by atoms with E-state index in [1.807, 2.05) is 29.2 Å². The molecule has 1 aliphatic rings. The van der Waals surface area contributed by atoms with E-state index in [1.165, 1.54) is 0 Å². The van der Waals surface area contributed by atoms with Crippen LogP contribution >= 0.6 is 35.0 Å². The molecule has 0 spiro atoms. The molecule has 0 bridgehead atoms. The van der Waals surface area contributed by atoms with E-state index in [-0.39, 0.29) is 24.4 Å². The first-order valence-electron chi connectivity index (χ1n) is 5.57. The van der Waals surface area contributed by atoms with Gasteiger partial charge >= 0.3 is 0 Å². The molecule has 0 aromatic heterocycles. The Morgan fingerprint density at radius 1 is 1.56 bits per heavy atom. The molecule has 100 valence electrons. The molecular formula is C12H16ClIN2O2. The third-order valence-electron chi connectivity index (χ3n) is 2.76. The van der Waals surface area contributed by atoms with Gasteiger partial charge in [-0.15, -0.1) is 12.4 Å². The van der Waals surface area contributed by atoms with Gasteiger partial charge in [-0.05, 0) is 40.8 Å². The molecule has 1 saturated heterocycles. The summed E-state index contributed by atoms with van der Waals surface area (Å²) < 4.78 is 6.51. The second kappa shape index (κ2) is 7.28. The van der Waals surface area contributed by atoms with E-state index in [1.54, 1.807) is 0 Å². The van der Waals surface area contributed by atoms with Gasteiger partial charge < -0.3 is 15.4 Å². The number of nitrogens with two attached hydrogens (primary N) is 1. The van der Waals surface area contributed by atoms with E-state index in [2.05, 4.69) is 22.6 Å². The summed E-state index contributed by atoms with van der Waals surface area (Å²) in [5, 5.41) is 0. The number of halogens is 2. The van der Waals surface area contributed by atoms with Crippen LogP contribution in [0, 0.1) is 3.57 Å². The molecule has 18 heavy (non-hydrogen) atoms. The summed E-state index contributed by atoms with van der Waals surface area (Å²) in [6.07, 6.45) is -0.0320. The van der Waals surface area contributed by atoms with Gasteiger partial charge in [0.2, 0.25) is 0 Å². The second-order valence-electron chi connectivity index (χ2n) is 3.99. The lowest BCUT2D eigenvalue weighted by molar-refractivity contribution is -0.0167. The zero-order valence-corrected chi connectivity index (χ0v) is 12.8. The maximum Gasteiger partial charge on any atom is 0.254 e. The monoisotopic (exact) mass is 382 g/mol. The summed E-state index contributed by atoms with van der Waals surface area (Å²) in [6, 6.07) is 7.61. The minimum atomic E-state index is -0.0320. The highest BCUT2D eigenvalue weighted by molar-refractivity contribution is 14.1. The Morgan fingerprint density at radius 3 is 3.00 bits per heavy atom. The molecule has 1 aliphatic heterocycles. The fourth-order valence-electron chi connectivity index (χ4n) is 1.85. The average molecular weight is 383 g/mol. The van der Waals surface area contributed by atoms with Crippen LogP contribution in [0.4, 0.5) is 0 Å². The Hall–Kier alpha value is -0.370. The average Bonchev–Trinajstić information content (AvgIpc) is 2.38. The predicted molar refractivity (Wildman–Crippen MR) is 81.1 cm³/mol. The Bertz CT molecular complexity index is 417. The van der Waals surface area contributed by atoms with Crippen molar-refractivity contribution in [2.24, 2.45) is 5.73 Å². The van der Waals surface area contributed by atoms with Crippen molar-refractivity contribution in [2.75, 3.05) is 26.2 Å². The van der Waals surface area contributed by atoms with Crippen LogP contribution in [0.2, 0.25) is 0 Å². The largest absolute Gasteiger partial charge is 0.373 e. The summed E-state index contributed by atoms with van der Waals surface area (Å²) in [7, 11) is 0. The molecule has 1 atom stereocenters. The molecule has 1 amide bonds. The third-order valence-corrected chi connectivity index (χ3v) is 3.43. The summed E-state index contributed by atoms with van der Waals surface area (Å²) in [5.41, 5.74) is 6.30. The van der Waals surface area contributed by atoms with E-state index in [9.17, 15) is 4.79 Å². The van der Waals surface area contributed by atoms with Crippen LogP contribution in [-0.4, -0.2) is 43.2 Å². The molecule has 0 aliphatic carbocycles.